The topological polar surface area (TPSA) is 176 Å². The van der Waals surface area contributed by atoms with Crippen molar-refractivity contribution in [3.8, 4) is 0 Å². The summed E-state index contributed by atoms with van der Waals surface area (Å²) in [5.41, 5.74) is 3.87. The first-order valence-electron chi connectivity index (χ1n) is 21.2. The van der Waals surface area contributed by atoms with Gasteiger partial charge in [0.05, 0.1) is 23.2 Å². The maximum atomic E-state index is 14.5. The zero-order valence-electron chi connectivity index (χ0n) is 37.2. The number of pyridine rings is 1. The number of carboxylic acid groups (broad SMARTS) is 1. The molecule has 4 aromatic rings. The number of carboxylic acids is 1. The molecule has 13 nitrogen and oxygen atoms in total. The molecule has 0 saturated carbocycles. The quantitative estimate of drug-likeness (QED) is 0.0810. The van der Waals surface area contributed by atoms with E-state index in [-0.39, 0.29) is 19.1 Å². The molecule has 1 aromatic heterocycles. The molecule has 62 heavy (non-hydrogen) atoms. The minimum atomic E-state index is -3.19. The number of esters is 1. The van der Waals surface area contributed by atoms with Gasteiger partial charge in [-0.2, -0.15) is 0 Å². The SMILES string of the molecule is CC(=O)O[C@H](C)c1ccc2ccc(/C=C/C(C)(C)C(=O)N[C@H](C(=O)N[C@@H](CO[Si](c3ccccc3)(c3ccccc3)C(C)(C)C)C(=O)N3CCC[C@@H](C(=O)O)N3)C(C)C)cc2n1. The molecule has 1 aliphatic rings. The molecule has 5 rings (SSSR count). The summed E-state index contributed by atoms with van der Waals surface area (Å²) in [5.74, 6) is -3.39. The number of hydrogen-bond donors (Lipinski definition) is 4. The fraction of sp³-hybridized carbons (Fsp3) is 0.417. The number of carbonyl (C=O) groups is 5. The number of nitrogens with zero attached hydrogens (tertiary/aromatic N) is 2. The van der Waals surface area contributed by atoms with Gasteiger partial charge >= 0.3 is 11.9 Å². The number of hydrogen-bond acceptors (Lipinski definition) is 9. The number of amides is 3. The third-order valence-electron chi connectivity index (χ3n) is 11.3. The van der Waals surface area contributed by atoms with Crippen LogP contribution in [0.25, 0.3) is 17.0 Å². The Kier molecular flexibility index (Phi) is 15.3. The van der Waals surface area contributed by atoms with Crippen LogP contribution in [0.1, 0.15) is 92.5 Å². The van der Waals surface area contributed by atoms with Crippen LogP contribution >= 0.6 is 0 Å². The highest BCUT2D eigenvalue weighted by molar-refractivity contribution is 6.99. The lowest BCUT2D eigenvalue weighted by molar-refractivity contribution is -0.149. The number of aliphatic carboxylic acids is 1. The fourth-order valence-corrected chi connectivity index (χ4v) is 12.3. The predicted octanol–water partition coefficient (Wildman–Crippen LogP) is 5.68. The van der Waals surface area contributed by atoms with E-state index >= 15 is 0 Å². The smallest absolute Gasteiger partial charge is 0.322 e. The highest BCUT2D eigenvalue weighted by atomic mass is 28.4. The van der Waals surface area contributed by atoms with Gasteiger partial charge in [-0.1, -0.05) is 126 Å². The van der Waals surface area contributed by atoms with Crippen molar-refractivity contribution in [2.45, 2.75) is 104 Å². The van der Waals surface area contributed by atoms with Crippen LogP contribution in [0.15, 0.2) is 97.1 Å². The number of hydrazine groups is 1. The molecule has 1 aliphatic heterocycles. The molecule has 1 fully saturated rings. The number of carbonyl (C=O) groups excluding carboxylic acids is 4. The Morgan fingerprint density at radius 1 is 0.903 bits per heavy atom. The van der Waals surface area contributed by atoms with E-state index in [1.165, 1.54) is 11.9 Å². The lowest BCUT2D eigenvalue weighted by Gasteiger charge is -2.44. The van der Waals surface area contributed by atoms with Crippen LogP contribution in [0.4, 0.5) is 0 Å². The Hall–Kier alpha value is -5.70. The van der Waals surface area contributed by atoms with E-state index in [0.29, 0.717) is 24.1 Å². The summed E-state index contributed by atoms with van der Waals surface area (Å²) in [5, 5.41) is 19.4. The van der Waals surface area contributed by atoms with Crippen molar-refractivity contribution in [2.24, 2.45) is 11.3 Å². The monoisotopic (exact) mass is 863 g/mol. The summed E-state index contributed by atoms with van der Waals surface area (Å²) in [6.45, 7) is 16.6. The van der Waals surface area contributed by atoms with E-state index in [1.54, 1.807) is 26.8 Å². The Balaban J connectivity index is 1.41. The van der Waals surface area contributed by atoms with Crippen molar-refractivity contribution in [1.82, 2.24) is 26.1 Å². The van der Waals surface area contributed by atoms with Crippen LogP contribution in [0, 0.1) is 11.3 Å². The Morgan fingerprint density at radius 3 is 2.08 bits per heavy atom. The van der Waals surface area contributed by atoms with E-state index < -0.39 is 72.7 Å². The third-order valence-corrected chi connectivity index (χ3v) is 16.3. The molecule has 0 unspecified atom stereocenters. The van der Waals surface area contributed by atoms with Gasteiger partial charge in [0.2, 0.25) is 11.8 Å². The van der Waals surface area contributed by atoms with Crippen molar-refractivity contribution in [3.05, 3.63) is 108 Å². The summed E-state index contributed by atoms with van der Waals surface area (Å²) in [4.78, 5) is 71.1. The molecule has 4 atom stereocenters. The summed E-state index contributed by atoms with van der Waals surface area (Å²) in [6.07, 6.45) is 3.86. The summed E-state index contributed by atoms with van der Waals surface area (Å²) in [7, 11) is -3.19. The Bertz CT molecular complexity index is 2220. The Labute approximate surface area is 365 Å². The van der Waals surface area contributed by atoms with Crippen LogP contribution < -0.4 is 26.4 Å². The van der Waals surface area contributed by atoms with Crippen LogP contribution in [0.5, 0.6) is 0 Å². The van der Waals surface area contributed by atoms with Crippen molar-refractivity contribution in [1.29, 1.82) is 0 Å². The summed E-state index contributed by atoms with van der Waals surface area (Å²) >= 11 is 0. The number of fused-ring (bicyclic) bond motifs is 1. The van der Waals surface area contributed by atoms with Gasteiger partial charge in [-0.05, 0) is 72.6 Å². The zero-order valence-corrected chi connectivity index (χ0v) is 38.2. The molecule has 1 saturated heterocycles. The molecule has 0 radical (unpaired) electrons. The average Bonchev–Trinajstić information content (AvgIpc) is 3.23. The van der Waals surface area contributed by atoms with Gasteiger partial charge in [0.25, 0.3) is 14.2 Å². The molecule has 2 heterocycles. The molecule has 14 heteroatoms. The van der Waals surface area contributed by atoms with Gasteiger partial charge in [-0.25, -0.2) is 10.4 Å². The molecule has 0 aliphatic carbocycles. The highest BCUT2D eigenvalue weighted by Gasteiger charge is 2.51. The second-order valence-corrected chi connectivity index (χ2v) is 22.2. The van der Waals surface area contributed by atoms with Crippen molar-refractivity contribution >= 4 is 65.3 Å². The molecular formula is C48H61N5O8Si. The maximum Gasteiger partial charge on any atom is 0.322 e. The fourth-order valence-electron chi connectivity index (χ4n) is 7.75. The van der Waals surface area contributed by atoms with E-state index in [9.17, 15) is 29.1 Å². The van der Waals surface area contributed by atoms with Gasteiger partial charge in [0, 0.05) is 18.9 Å². The number of rotatable bonds is 16. The molecule has 0 spiro atoms. The number of nitrogens with one attached hydrogen (secondary N) is 3. The molecule has 3 amide bonds. The van der Waals surface area contributed by atoms with Gasteiger partial charge < -0.3 is 24.9 Å². The maximum absolute atomic E-state index is 14.5. The lowest BCUT2D eigenvalue weighted by Crippen LogP contribution is -2.69. The summed E-state index contributed by atoms with van der Waals surface area (Å²) < 4.78 is 12.4. The normalized spacial score (nSPS) is 16.4. The minimum Gasteiger partial charge on any atom is -0.480 e. The standard InChI is InChI=1S/C48H61N5O8Si/c1-31(2)42(51-46(59)48(8,9)27-26-34-22-23-35-24-25-38(49-40(35)29-34)32(3)61-33(4)54)43(55)50-41(44(56)53-28-16-21-39(52-53)45(57)58)30-60-62(47(5,6)7,36-17-12-10-13-18-36)37-19-14-11-15-20-37/h10-15,17-20,22-27,29,31-32,39,41-42,52H,16,21,28,30H2,1-9H3,(H,50,55)(H,51,59)(H,57,58)/b27-26+/t32-,39+,41+,42+/m1/s1. The van der Waals surface area contributed by atoms with Crippen molar-refractivity contribution in [3.63, 3.8) is 0 Å². The predicted molar refractivity (Wildman–Crippen MR) is 243 cm³/mol. The number of ether oxygens (including phenoxy) is 1. The second-order valence-electron chi connectivity index (χ2n) is 17.9. The van der Waals surface area contributed by atoms with Gasteiger partial charge in [-0.15, -0.1) is 0 Å². The molecule has 0 bridgehead atoms. The molecule has 3 aromatic carbocycles. The summed E-state index contributed by atoms with van der Waals surface area (Å²) in [6, 6.07) is 26.0. The molecule has 330 valence electrons. The first kappa shape index (κ1) is 47.3. The highest BCUT2D eigenvalue weighted by Crippen LogP contribution is 2.37. The molecular weight excluding hydrogens is 803 g/mol. The van der Waals surface area contributed by atoms with Crippen molar-refractivity contribution < 1.29 is 38.2 Å². The van der Waals surface area contributed by atoms with Crippen LogP contribution in [-0.4, -0.2) is 84.4 Å². The second kappa shape index (κ2) is 20.0. The largest absolute Gasteiger partial charge is 0.480 e. The first-order valence-corrected chi connectivity index (χ1v) is 23.1. The molecule has 4 N–H and O–H groups in total. The number of aromatic nitrogens is 1. The minimum absolute atomic E-state index is 0.217. The number of benzene rings is 3. The van der Waals surface area contributed by atoms with E-state index in [1.807, 2.05) is 111 Å². The average molecular weight is 864 g/mol. The Morgan fingerprint density at radius 2 is 1.52 bits per heavy atom. The zero-order chi connectivity index (χ0) is 45.4. The van der Waals surface area contributed by atoms with Crippen LogP contribution in [-0.2, 0) is 33.1 Å². The van der Waals surface area contributed by atoms with E-state index in [4.69, 9.17) is 14.1 Å². The van der Waals surface area contributed by atoms with Crippen LogP contribution in [0.2, 0.25) is 5.04 Å². The first-order chi connectivity index (χ1) is 29.2. The van der Waals surface area contributed by atoms with Gasteiger partial charge in [0.1, 0.15) is 24.2 Å². The van der Waals surface area contributed by atoms with Crippen LogP contribution in [0.3, 0.4) is 0 Å². The van der Waals surface area contributed by atoms with E-state index in [2.05, 4.69) is 36.8 Å². The third kappa shape index (κ3) is 11.2. The lowest BCUT2D eigenvalue weighted by atomic mass is 9.89. The van der Waals surface area contributed by atoms with Crippen molar-refractivity contribution in [2.75, 3.05) is 13.2 Å². The van der Waals surface area contributed by atoms with E-state index in [0.717, 1.165) is 21.3 Å². The van der Waals surface area contributed by atoms with Gasteiger partial charge in [-0.3, -0.25) is 29.0 Å². The van der Waals surface area contributed by atoms with Gasteiger partial charge in [0.15, 0.2) is 0 Å².